The molecule has 0 atom stereocenters. The van der Waals surface area contributed by atoms with Crippen LogP contribution < -0.4 is 5.32 Å². The molecule has 5 nitrogen and oxygen atoms in total. The first-order chi connectivity index (χ1) is 11.0. The van der Waals surface area contributed by atoms with Crippen LogP contribution in [0.25, 0.3) is 11.0 Å². The average molecular weight is 311 g/mol. The molecule has 0 aliphatic heterocycles. The zero-order valence-corrected chi connectivity index (χ0v) is 13.7. The second kappa shape index (κ2) is 6.28. The monoisotopic (exact) mass is 311 g/mol. The van der Waals surface area contributed by atoms with Crippen LogP contribution in [0.3, 0.4) is 0 Å². The van der Waals surface area contributed by atoms with Crippen molar-refractivity contribution in [2.45, 2.75) is 32.7 Å². The predicted octanol–water partition coefficient (Wildman–Crippen LogP) is 3.15. The smallest absolute Gasteiger partial charge is 0.224 e. The predicted molar refractivity (Wildman–Crippen MR) is 89.1 cm³/mol. The Labute approximate surface area is 135 Å². The summed E-state index contributed by atoms with van der Waals surface area (Å²) in [6.07, 6.45) is 1.94. The minimum absolute atomic E-state index is 0.0271. The number of aryl methyl sites for hydroxylation is 1. The molecule has 0 unspecified atom stereocenters. The minimum atomic E-state index is -0.0271. The van der Waals surface area contributed by atoms with E-state index in [0.29, 0.717) is 18.9 Å². The highest BCUT2D eigenvalue weighted by molar-refractivity contribution is 5.82. The van der Waals surface area contributed by atoms with Gasteiger partial charge in [-0.1, -0.05) is 19.9 Å². The van der Waals surface area contributed by atoms with Gasteiger partial charge in [0.1, 0.15) is 11.6 Å². The maximum absolute atomic E-state index is 12.0. The van der Waals surface area contributed by atoms with Gasteiger partial charge in [-0.25, -0.2) is 4.98 Å². The molecule has 5 heteroatoms. The number of nitrogens with zero attached hydrogens (tertiary/aromatic N) is 2. The van der Waals surface area contributed by atoms with Crippen molar-refractivity contribution in [3.05, 3.63) is 53.7 Å². The molecule has 23 heavy (non-hydrogen) atoms. The molecule has 0 spiro atoms. The van der Waals surface area contributed by atoms with Crippen LogP contribution in [0.1, 0.15) is 36.9 Å². The fourth-order valence-corrected chi connectivity index (χ4v) is 2.74. The van der Waals surface area contributed by atoms with Gasteiger partial charge in [-0.2, -0.15) is 0 Å². The van der Waals surface area contributed by atoms with Gasteiger partial charge < -0.3 is 14.3 Å². The largest absolute Gasteiger partial charge is 0.467 e. The van der Waals surface area contributed by atoms with Crippen molar-refractivity contribution in [1.29, 1.82) is 0 Å². The van der Waals surface area contributed by atoms with Gasteiger partial charge in [-0.3, -0.25) is 4.79 Å². The Morgan fingerprint density at radius 3 is 2.87 bits per heavy atom. The molecule has 2 heterocycles. The number of benzene rings is 1. The van der Waals surface area contributed by atoms with Crippen molar-refractivity contribution in [1.82, 2.24) is 14.9 Å². The Hall–Kier alpha value is -2.56. The summed E-state index contributed by atoms with van der Waals surface area (Å²) in [7, 11) is 2.03. The van der Waals surface area contributed by atoms with Gasteiger partial charge >= 0.3 is 0 Å². The molecule has 0 radical (unpaired) electrons. The number of imidazole rings is 1. The fraction of sp³-hybridized carbons (Fsp3) is 0.333. The van der Waals surface area contributed by atoms with E-state index in [0.717, 1.165) is 28.2 Å². The molecular formula is C18H21N3O2. The lowest BCUT2D eigenvalue weighted by Crippen LogP contribution is -2.24. The molecule has 0 saturated carbocycles. The van der Waals surface area contributed by atoms with Crippen molar-refractivity contribution in [3.63, 3.8) is 0 Å². The molecule has 1 amide bonds. The van der Waals surface area contributed by atoms with E-state index in [1.54, 1.807) is 6.26 Å². The van der Waals surface area contributed by atoms with Gasteiger partial charge in [0.2, 0.25) is 5.91 Å². The third-order valence-electron chi connectivity index (χ3n) is 3.90. The first-order valence-corrected chi connectivity index (χ1v) is 7.79. The summed E-state index contributed by atoms with van der Waals surface area (Å²) in [5.74, 6) is 2.15. The Bertz CT molecular complexity index is 816. The number of carbonyl (C=O) groups is 1. The number of hydrogen-bond acceptors (Lipinski definition) is 3. The Balaban J connectivity index is 1.71. The van der Waals surface area contributed by atoms with Crippen LogP contribution in [0.15, 0.2) is 41.0 Å². The normalized spacial score (nSPS) is 11.3. The summed E-state index contributed by atoms with van der Waals surface area (Å²) < 4.78 is 7.31. The van der Waals surface area contributed by atoms with Crippen LogP contribution in [0.4, 0.5) is 0 Å². The van der Waals surface area contributed by atoms with E-state index in [1.165, 1.54) is 0 Å². The Morgan fingerprint density at radius 1 is 1.35 bits per heavy atom. The summed E-state index contributed by atoms with van der Waals surface area (Å²) in [5, 5.41) is 2.86. The third-order valence-corrected chi connectivity index (χ3v) is 3.90. The number of rotatable bonds is 5. The first-order valence-electron chi connectivity index (χ1n) is 7.79. The number of hydrogen-bond donors (Lipinski definition) is 1. The van der Waals surface area contributed by atoms with Crippen LogP contribution in [-0.2, 0) is 24.8 Å². The van der Waals surface area contributed by atoms with Crippen LogP contribution in [0.2, 0.25) is 0 Å². The lowest BCUT2D eigenvalue weighted by Gasteiger charge is -2.05. The van der Waals surface area contributed by atoms with Gasteiger partial charge in [0, 0.05) is 13.0 Å². The van der Waals surface area contributed by atoms with Gasteiger partial charge in [0.15, 0.2) is 0 Å². The van der Waals surface area contributed by atoms with Crippen LogP contribution in [-0.4, -0.2) is 15.5 Å². The van der Waals surface area contributed by atoms with E-state index in [2.05, 4.69) is 28.7 Å². The van der Waals surface area contributed by atoms with Crippen molar-refractivity contribution in [2.75, 3.05) is 0 Å². The van der Waals surface area contributed by atoms with Crippen LogP contribution in [0, 0.1) is 0 Å². The number of nitrogens with one attached hydrogen (secondary N) is 1. The molecule has 0 bridgehead atoms. The molecule has 0 fully saturated rings. The van der Waals surface area contributed by atoms with E-state index in [1.807, 2.05) is 37.4 Å². The minimum Gasteiger partial charge on any atom is -0.467 e. The van der Waals surface area contributed by atoms with E-state index < -0.39 is 0 Å². The highest BCUT2D eigenvalue weighted by atomic mass is 16.3. The van der Waals surface area contributed by atoms with Crippen LogP contribution >= 0.6 is 0 Å². The fourth-order valence-electron chi connectivity index (χ4n) is 2.74. The molecule has 0 aliphatic carbocycles. The summed E-state index contributed by atoms with van der Waals surface area (Å²) in [6.45, 7) is 4.67. The van der Waals surface area contributed by atoms with Gasteiger partial charge in [-0.05, 0) is 29.8 Å². The lowest BCUT2D eigenvalue weighted by molar-refractivity contribution is -0.120. The van der Waals surface area contributed by atoms with Gasteiger partial charge in [0.25, 0.3) is 0 Å². The lowest BCUT2D eigenvalue weighted by atomic mass is 10.1. The van der Waals surface area contributed by atoms with E-state index in [9.17, 15) is 4.79 Å². The summed E-state index contributed by atoms with van der Waals surface area (Å²) in [5.41, 5.74) is 2.99. The number of carbonyl (C=O) groups excluding carboxylic acids is 1. The average Bonchev–Trinajstić information content (AvgIpc) is 3.13. The second-order valence-corrected chi connectivity index (χ2v) is 6.04. The Morgan fingerprint density at radius 2 is 2.17 bits per heavy atom. The molecule has 1 N–H and O–H groups in total. The maximum Gasteiger partial charge on any atom is 0.224 e. The number of fused-ring (bicyclic) bond motifs is 1. The summed E-state index contributed by atoms with van der Waals surface area (Å²) in [4.78, 5) is 16.7. The third kappa shape index (κ3) is 3.28. The standard InChI is InChI=1S/C18H21N3O2/c1-12(2)18-20-15-9-13(6-7-16(15)21(18)3)10-17(22)19-11-14-5-4-8-23-14/h4-9,12H,10-11H2,1-3H3,(H,19,22). The summed E-state index contributed by atoms with van der Waals surface area (Å²) >= 11 is 0. The molecule has 1 aromatic carbocycles. The van der Waals surface area contributed by atoms with E-state index >= 15 is 0 Å². The Kier molecular flexibility index (Phi) is 4.19. The maximum atomic E-state index is 12.0. The molecule has 120 valence electrons. The van der Waals surface area contributed by atoms with Gasteiger partial charge in [0.05, 0.1) is 30.3 Å². The quantitative estimate of drug-likeness (QED) is 0.787. The molecule has 0 aliphatic rings. The highest BCUT2D eigenvalue weighted by Crippen LogP contribution is 2.21. The van der Waals surface area contributed by atoms with E-state index in [4.69, 9.17) is 4.42 Å². The molecule has 3 aromatic rings. The van der Waals surface area contributed by atoms with Crippen LogP contribution in [0.5, 0.6) is 0 Å². The first kappa shape index (κ1) is 15.3. The van der Waals surface area contributed by atoms with E-state index in [-0.39, 0.29) is 5.91 Å². The van der Waals surface area contributed by atoms with Crippen molar-refractivity contribution >= 4 is 16.9 Å². The van der Waals surface area contributed by atoms with Crippen molar-refractivity contribution < 1.29 is 9.21 Å². The molecule has 2 aromatic heterocycles. The molecule has 0 saturated heterocycles. The SMILES string of the molecule is CC(C)c1nc2cc(CC(=O)NCc3ccco3)ccc2n1C. The van der Waals surface area contributed by atoms with Crippen molar-refractivity contribution in [3.8, 4) is 0 Å². The number of amides is 1. The summed E-state index contributed by atoms with van der Waals surface area (Å²) in [6, 6.07) is 9.66. The zero-order valence-electron chi connectivity index (χ0n) is 13.7. The molecular weight excluding hydrogens is 290 g/mol. The molecule has 3 rings (SSSR count). The number of aromatic nitrogens is 2. The number of furan rings is 1. The van der Waals surface area contributed by atoms with Crippen molar-refractivity contribution in [2.24, 2.45) is 7.05 Å². The highest BCUT2D eigenvalue weighted by Gasteiger charge is 2.12. The van der Waals surface area contributed by atoms with Gasteiger partial charge in [-0.15, -0.1) is 0 Å². The zero-order chi connectivity index (χ0) is 16.4. The topological polar surface area (TPSA) is 60.1 Å². The second-order valence-electron chi connectivity index (χ2n) is 6.04.